The van der Waals surface area contributed by atoms with Crippen LogP contribution in [0.15, 0.2) is 29.2 Å². The highest BCUT2D eigenvalue weighted by atomic mass is 32.2. The number of thiol groups is 1. The average molecular weight is 248 g/mol. The lowest BCUT2D eigenvalue weighted by Crippen LogP contribution is -2.24. The van der Waals surface area contributed by atoms with Crippen molar-refractivity contribution in [1.29, 1.82) is 0 Å². The van der Waals surface area contributed by atoms with E-state index < -0.39 is 12.6 Å². The van der Waals surface area contributed by atoms with E-state index in [-0.39, 0.29) is 0 Å². The lowest BCUT2D eigenvalue weighted by Gasteiger charge is -2.13. The Kier molecular flexibility index (Phi) is 2.72. The quantitative estimate of drug-likeness (QED) is 0.426. The number of benzene rings is 1. The molecule has 7 heteroatoms. The zero-order valence-corrected chi connectivity index (χ0v) is 9.48. The number of fused-ring (bicyclic) bond motifs is 1. The lowest BCUT2D eigenvalue weighted by atomic mass is 10.3. The second-order valence-electron chi connectivity index (χ2n) is 2.63. The number of rotatable bonds is 2. The van der Waals surface area contributed by atoms with Gasteiger partial charge in [0.1, 0.15) is 0 Å². The Morgan fingerprint density at radius 3 is 2.93 bits per heavy atom. The van der Waals surface area contributed by atoms with Crippen LogP contribution in [0.3, 0.4) is 0 Å². The van der Waals surface area contributed by atoms with E-state index in [2.05, 4.69) is 17.9 Å². The van der Waals surface area contributed by atoms with Crippen LogP contribution in [-0.4, -0.2) is 9.28 Å². The monoisotopic (exact) mass is 248 g/mol. The van der Waals surface area contributed by atoms with Crippen LogP contribution >= 0.6 is 32.6 Å². The molecule has 1 heterocycles. The van der Waals surface area contributed by atoms with E-state index in [1.807, 2.05) is 24.3 Å². The van der Waals surface area contributed by atoms with Gasteiger partial charge in [0.25, 0.3) is 4.39 Å². The zero-order valence-electron chi connectivity index (χ0n) is 6.88. The summed E-state index contributed by atoms with van der Waals surface area (Å²) in [6.45, 7) is 0. The largest absolute Gasteiger partial charge is 0.699 e. The first kappa shape index (κ1) is 10.3. The summed E-state index contributed by atoms with van der Waals surface area (Å²) in [4.78, 5) is 9.59. The third-order valence-electron chi connectivity index (χ3n) is 1.63. The highest BCUT2D eigenvalue weighted by Gasteiger charge is 2.43. The summed E-state index contributed by atoms with van der Waals surface area (Å²) in [6, 6.07) is 7.49. The number of para-hydroxylation sites is 1. The number of nitrogens with one attached hydrogen (secondary N) is 1. The molecule has 0 aliphatic carbocycles. The van der Waals surface area contributed by atoms with Gasteiger partial charge in [0.05, 0.1) is 5.69 Å². The van der Waals surface area contributed by atoms with E-state index in [9.17, 15) is 4.57 Å². The van der Waals surface area contributed by atoms with Gasteiger partial charge in [-0.15, -0.1) is 17.5 Å². The first-order chi connectivity index (χ1) is 6.59. The summed E-state index contributed by atoms with van der Waals surface area (Å²) in [5.41, 5.74) is 0.851. The fraction of sp³-hybridized carbons (Fsp3) is 0.143. The third-order valence-corrected chi connectivity index (χ3v) is 3.84. The normalized spacial score (nSPS) is 25.4. The van der Waals surface area contributed by atoms with Crippen LogP contribution in [0.25, 0.3) is 0 Å². The van der Waals surface area contributed by atoms with Crippen LogP contribution in [0.4, 0.5) is 5.69 Å². The number of anilines is 1. The molecule has 2 unspecified atom stereocenters. The van der Waals surface area contributed by atoms with Crippen LogP contribution in [-0.2, 0) is 9.09 Å². The number of hydrogen-bond acceptors (Lipinski definition) is 5. The molecule has 0 fully saturated rings. The standard InChI is InChI=1S/C7H6NO3PS2/c9-12(10)11-7(13)8-5-3-1-2-4-6(5)14-7/h1-4,8H,(H-,9,10,13)/p+1. The molecule has 0 saturated carbocycles. The van der Waals surface area contributed by atoms with Crippen molar-refractivity contribution in [1.82, 2.24) is 0 Å². The molecule has 0 saturated heterocycles. The molecule has 0 aromatic heterocycles. The Morgan fingerprint density at radius 1 is 1.57 bits per heavy atom. The SMILES string of the molecule is O=[P+](O)OC1(S)Nc2ccccc2S1. The van der Waals surface area contributed by atoms with Gasteiger partial charge in [-0.1, -0.05) is 28.4 Å². The highest BCUT2D eigenvalue weighted by Crippen LogP contribution is 2.50. The summed E-state index contributed by atoms with van der Waals surface area (Å²) in [7, 11) is -2.67. The van der Waals surface area contributed by atoms with E-state index in [1.54, 1.807) is 0 Å². The average Bonchev–Trinajstić information content (AvgIpc) is 2.38. The van der Waals surface area contributed by atoms with Gasteiger partial charge in [-0.3, -0.25) is 0 Å². The molecule has 0 bridgehead atoms. The molecule has 14 heavy (non-hydrogen) atoms. The van der Waals surface area contributed by atoms with Crippen LogP contribution < -0.4 is 5.32 Å². The molecule has 4 nitrogen and oxygen atoms in total. The molecule has 0 spiro atoms. The zero-order chi connectivity index (χ0) is 10.2. The molecule has 1 aromatic rings. The summed E-state index contributed by atoms with van der Waals surface area (Å²) in [5.74, 6) is 0. The Balaban J connectivity index is 2.21. The summed E-state index contributed by atoms with van der Waals surface area (Å²) in [6.07, 6.45) is 0. The van der Waals surface area contributed by atoms with E-state index in [0.717, 1.165) is 10.6 Å². The molecule has 74 valence electrons. The van der Waals surface area contributed by atoms with Crippen molar-refractivity contribution >= 4 is 38.3 Å². The van der Waals surface area contributed by atoms with Gasteiger partial charge in [-0.25, -0.2) is 0 Å². The molecule has 2 atom stereocenters. The van der Waals surface area contributed by atoms with Gasteiger partial charge in [-0.2, -0.15) is 0 Å². The van der Waals surface area contributed by atoms with Crippen LogP contribution in [0.5, 0.6) is 0 Å². The first-order valence-electron chi connectivity index (χ1n) is 3.73. The maximum absolute atomic E-state index is 10.5. The van der Waals surface area contributed by atoms with E-state index in [1.165, 1.54) is 11.8 Å². The van der Waals surface area contributed by atoms with Gasteiger partial charge < -0.3 is 5.32 Å². The Morgan fingerprint density at radius 2 is 2.29 bits per heavy atom. The lowest BCUT2D eigenvalue weighted by molar-refractivity contribution is 0.260. The van der Waals surface area contributed by atoms with Crippen molar-refractivity contribution in [3.8, 4) is 0 Å². The van der Waals surface area contributed by atoms with Crippen molar-refractivity contribution in [3.05, 3.63) is 24.3 Å². The fourth-order valence-corrected chi connectivity index (χ4v) is 3.21. The molecule has 2 rings (SSSR count). The van der Waals surface area contributed by atoms with Crippen LogP contribution in [0.2, 0.25) is 0 Å². The summed E-state index contributed by atoms with van der Waals surface area (Å²) < 4.78 is 14.2. The Bertz CT molecular complexity index is 362. The van der Waals surface area contributed by atoms with E-state index >= 15 is 0 Å². The second-order valence-corrected chi connectivity index (χ2v) is 5.44. The minimum atomic E-state index is -2.67. The van der Waals surface area contributed by atoms with Crippen LogP contribution in [0.1, 0.15) is 0 Å². The minimum absolute atomic E-state index is 0.851. The Hall–Kier alpha value is -0.260. The molecular weight excluding hydrogens is 241 g/mol. The van der Waals surface area contributed by atoms with Crippen molar-refractivity contribution < 1.29 is 14.0 Å². The van der Waals surface area contributed by atoms with Gasteiger partial charge in [0.15, 0.2) is 0 Å². The summed E-state index contributed by atoms with van der Waals surface area (Å²) >= 11 is 5.41. The maximum atomic E-state index is 10.5. The predicted octanol–water partition coefficient (Wildman–Crippen LogP) is 2.41. The van der Waals surface area contributed by atoms with Gasteiger partial charge in [0, 0.05) is 9.46 Å². The Labute approximate surface area is 91.4 Å². The molecule has 1 aliphatic rings. The van der Waals surface area contributed by atoms with Crippen LogP contribution in [0, 0.1) is 0 Å². The van der Waals surface area contributed by atoms with Gasteiger partial charge in [0.2, 0.25) is 0 Å². The third kappa shape index (κ3) is 2.04. The van der Waals surface area contributed by atoms with Crippen molar-refractivity contribution in [2.75, 3.05) is 5.32 Å². The molecule has 1 aromatic carbocycles. The number of thioether (sulfide) groups is 1. The fourth-order valence-electron chi connectivity index (χ4n) is 1.15. The second kappa shape index (κ2) is 3.72. The van der Waals surface area contributed by atoms with E-state index in [4.69, 9.17) is 9.42 Å². The van der Waals surface area contributed by atoms with Crippen molar-refractivity contribution in [2.24, 2.45) is 0 Å². The van der Waals surface area contributed by atoms with Crippen molar-refractivity contribution in [3.63, 3.8) is 0 Å². The smallest absolute Gasteiger partial charge is 0.335 e. The summed E-state index contributed by atoms with van der Waals surface area (Å²) in [5, 5.41) is 2.90. The number of hydrogen-bond donors (Lipinski definition) is 3. The predicted molar refractivity (Wildman–Crippen MR) is 58.5 cm³/mol. The molecule has 1 aliphatic heterocycles. The first-order valence-corrected chi connectivity index (χ1v) is 6.12. The van der Waals surface area contributed by atoms with E-state index in [0.29, 0.717) is 0 Å². The molecule has 2 N–H and O–H groups in total. The molecular formula is C7H7NO3PS2+. The van der Waals surface area contributed by atoms with Gasteiger partial charge >= 0.3 is 8.25 Å². The molecule has 0 amide bonds. The molecule has 0 radical (unpaired) electrons. The minimum Gasteiger partial charge on any atom is -0.335 e. The topological polar surface area (TPSA) is 58.6 Å². The van der Waals surface area contributed by atoms with Crippen molar-refractivity contribution in [2.45, 2.75) is 9.28 Å². The maximum Gasteiger partial charge on any atom is 0.699 e. The van der Waals surface area contributed by atoms with Gasteiger partial charge in [-0.05, 0) is 12.1 Å². The highest BCUT2D eigenvalue weighted by molar-refractivity contribution is 8.12.